The largest absolute Gasteiger partial charge is 0.494 e. The van der Waals surface area contributed by atoms with Crippen molar-refractivity contribution >= 4 is 24.1 Å². The molecule has 0 aliphatic carbocycles. The maximum atomic E-state index is 14.3. The van der Waals surface area contributed by atoms with Crippen molar-refractivity contribution in [3.63, 3.8) is 0 Å². The van der Waals surface area contributed by atoms with Gasteiger partial charge in [-0.2, -0.15) is 0 Å². The molecule has 4 atom stereocenters. The van der Waals surface area contributed by atoms with Gasteiger partial charge in [-0.15, -0.1) is 0 Å². The van der Waals surface area contributed by atoms with E-state index in [4.69, 9.17) is 9.31 Å². The van der Waals surface area contributed by atoms with Crippen LogP contribution in [0.3, 0.4) is 0 Å². The van der Waals surface area contributed by atoms with Crippen molar-refractivity contribution in [3.8, 4) is 0 Å². The Bertz CT molecular complexity index is 724. The lowest BCUT2D eigenvalue weighted by Gasteiger charge is -2.26. The topological polar surface area (TPSA) is 113 Å². The van der Waals surface area contributed by atoms with Crippen molar-refractivity contribution in [2.75, 3.05) is 6.61 Å². The first-order chi connectivity index (χ1) is 13.0. The monoisotopic (exact) mass is 396 g/mol. The summed E-state index contributed by atoms with van der Waals surface area (Å²) in [6.45, 7) is 6.36. The van der Waals surface area contributed by atoms with Crippen LogP contribution in [0.2, 0.25) is 0 Å². The fraction of sp³-hybridized carbons (Fsp3) is 0.579. The number of hydrogen-bond donors (Lipinski definition) is 3. The van der Waals surface area contributed by atoms with E-state index in [2.05, 4.69) is 0 Å². The Morgan fingerprint density at radius 2 is 1.79 bits per heavy atom. The summed E-state index contributed by atoms with van der Waals surface area (Å²) in [6, 6.07) is 3.97. The molecule has 1 aromatic rings. The molecule has 0 radical (unpaired) electrons. The Balaban J connectivity index is 2.06. The Labute approximate surface area is 163 Å². The van der Waals surface area contributed by atoms with Crippen molar-refractivity contribution in [1.29, 1.82) is 0 Å². The van der Waals surface area contributed by atoms with Crippen LogP contribution in [0.15, 0.2) is 18.2 Å². The number of carbonyl (C=O) groups is 2. The summed E-state index contributed by atoms with van der Waals surface area (Å²) >= 11 is 0. The number of carbonyl (C=O) groups excluding carboxylic acids is 2. The van der Waals surface area contributed by atoms with E-state index >= 15 is 0 Å². The minimum atomic E-state index is -1.75. The van der Waals surface area contributed by atoms with Gasteiger partial charge in [0.1, 0.15) is 24.1 Å². The van der Waals surface area contributed by atoms with Gasteiger partial charge in [-0.3, -0.25) is 9.59 Å². The molecular formula is C19H26BFO7. The molecule has 4 unspecified atom stereocenters. The van der Waals surface area contributed by atoms with Gasteiger partial charge in [-0.1, -0.05) is 33.8 Å². The maximum absolute atomic E-state index is 14.3. The lowest BCUT2D eigenvalue weighted by molar-refractivity contribution is -0.145. The Hall–Kier alpha value is -1.65. The third-order valence-electron chi connectivity index (χ3n) is 4.68. The van der Waals surface area contributed by atoms with Crippen molar-refractivity contribution < 1.29 is 38.6 Å². The number of benzene rings is 1. The van der Waals surface area contributed by atoms with Gasteiger partial charge in [0.05, 0.1) is 18.3 Å². The molecule has 1 aliphatic rings. The molecule has 0 bridgehead atoms. The molecule has 1 saturated heterocycles. The molecule has 1 fully saturated rings. The standard InChI is InChI=1S/C19H26BFO7/c1-9(2)15(22)12-6-5-11(7-13(12)21)20-27-8-14(28-20)17(24)19(26)18(25)16(23)10(3)4/h5-7,9-10,14,17-19,24-26H,8H2,1-4H3. The van der Waals surface area contributed by atoms with E-state index in [-0.39, 0.29) is 23.9 Å². The summed E-state index contributed by atoms with van der Waals surface area (Å²) in [4.78, 5) is 23.8. The molecule has 3 N–H and O–H groups in total. The third-order valence-corrected chi connectivity index (χ3v) is 4.68. The molecule has 1 aromatic carbocycles. The Morgan fingerprint density at radius 1 is 1.14 bits per heavy atom. The molecule has 0 spiro atoms. The second-order valence-electron chi connectivity index (χ2n) is 7.58. The van der Waals surface area contributed by atoms with Crippen LogP contribution in [0.1, 0.15) is 38.1 Å². The van der Waals surface area contributed by atoms with Gasteiger partial charge in [-0.05, 0) is 17.6 Å². The molecule has 28 heavy (non-hydrogen) atoms. The fourth-order valence-electron chi connectivity index (χ4n) is 2.88. The van der Waals surface area contributed by atoms with E-state index in [0.717, 1.165) is 6.07 Å². The minimum absolute atomic E-state index is 0.0286. The van der Waals surface area contributed by atoms with Crippen LogP contribution in [-0.2, 0) is 14.1 Å². The molecule has 154 valence electrons. The first-order valence-corrected chi connectivity index (χ1v) is 9.23. The Kier molecular flexibility index (Phi) is 7.47. The van der Waals surface area contributed by atoms with Crippen LogP contribution in [0.4, 0.5) is 4.39 Å². The van der Waals surface area contributed by atoms with Crippen LogP contribution >= 0.6 is 0 Å². The van der Waals surface area contributed by atoms with Crippen molar-refractivity contribution in [3.05, 3.63) is 29.6 Å². The predicted octanol–water partition coefficient (Wildman–Crippen LogP) is 0.0828. The molecule has 7 nitrogen and oxygen atoms in total. The van der Waals surface area contributed by atoms with Crippen LogP contribution in [0.5, 0.6) is 0 Å². The number of aliphatic hydroxyl groups excluding tert-OH is 3. The second kappa shape index (κ2) is 9.24. The summed E-state index contributed by atoms with van der Waals surface area (Å²) in [6.07, 6.45) is -6.09. The van der Waals surface area contributed by atoms with E-state index in [1.165, 1.54) is 12.1 Å². The number of halogens is 1. The molecule has 0 amide bonds. The zero-order chi connectivity index (χ0) is 21.2. The minimum Gasteiger partial charge on any atom is -0.405 e. The van der Waals surface area contributed by atoms with Gasteiger partial charge < -0.3 is 24.6 Å². The van der Waals surface area contributed by atoms with Gasteiger partial charge in [0, 0.05) is 11.8 Å². The summed E-state index contributed by atoms with van der Waals surface area (Å²) in [7, 11) is -1.01. The van der Waals surface area contributed by atoms with Crippen LogP contribution in [-0.4, -0.2) is 65.0 Å². The highest BCUT2D eigenvalue weighted by atomic mass is 19.1. The van der Waals surface area contributed by atoms with Gasteiger partial charge in [-0.25, -0.2) is 4.39 Å². The molecule has 9 heteroatoms. The molecule has 0 aromatic heterocycles. The first-order valence-electron chi connectivity index (χ1n) is 9.23. The average molecular weight is 396 g/mol. The first kappa shape index (κ1) is 22.6. The average Bonchev–Trinajstić information content (AvgIpc) is 3.14. The van der Waals surface area contributed by atoms with E-state index in [1.807, 2.05) is 0 Å². The summed E-state index contributed by atoms with van der Waals surface area (Å²) < 4.78 is 25.2. The lowest BCUT2D eigenvalue weighted by atomic mass is 9.78. The highest BCUT2D eigenvalue weighted by Crippen LogP contribution is 2.19. The predicted molar refractivity (Wildman–Crippen MR) is 99.6 cm³/mol. The maximum Gasteiger partial charge on any atom is 0.494 e. The molecule has 1 heterocycles. The molecule has 1 aliphatic heterocycles. The summed E-state index contributed by atoms with van der Waals surface area (Å²) in [5.41, 5.74) is 0.278. The third kappa shape index (κ3) is 4.85. The van der Waals surface area contributed by atoms with Crippen LogP contribution in [0, 0.1) is 17.7 Å². The van der Waals surface area contributed by atoms with Crippen molar-refractivity contribution in [2.24, 2.45) is 11.8 Å². The van der Waals surface area contributed by atoms with Crippen LogP contribution < -0.4 is 5.46 Å². The van der Waals surface area contributed by atoms with E-state index < -0.39 is 49.1 Å². The SMILES string of the molecule is CC(C)C(=O)c1ccc(B2OCC(C(O)C(O)C(O)C(=O)C(C)C)O2)cc1F. The molecule has 2 rings (SSSR count). The van der Waals surface area contributed by atoms with Gasteiger partial charge in [0.2, 0.25) is 0 Å². The number of Topliss-reactive ketones (excluding diaryl/α,β-unsaturated/α-hetero) is 2. The van der Waals surface area contributed by atoms with E-state index in [1.54, 1.807) is 27.7 Å². The zero-order valence-corrected chi connectivity index (χ0v) is 16.3. The van der Waals surface area contributed by atoms with Crippen molar-refractivity contribution in [2.45, 2.75) is 52.1 Å². The molecule has 0 saturated carbocycles. The van der Waals surface area contributed by atoms with E-state index in [9.17, 15) is 29.3 Å². The summed E-state index contributed by atoms with van der Waals surface area (Å²) in [5, 5.41) is 30.2. The molecular weight excluding hydrogens is 370 g/mol. The van der Waals surface area contributed by atoms with Gasteiger partial charge in [0.25, 0.3) is 0 Å². The summed E-state index contributed by atoms with van der Waals surface area (Å²) in [5.74, 6) is -2.49. The smallest absolute Gasteiger partial charge is 0.405 e. The number of rotatable bonds is 8. The van der Waals surface area contributed by atoms with E-state index in [0.29, 0.717) is 5.46 Å². The van der Waals surface area contributed by atoms with Gasteiger partial charge >= 0.3 is 7.12 Å². The fourth-order valence-corrected chi connectivity index (χ4v) is 2.88. The van der Waals surface area contributed by atoms with Crippen molar-refractivity contribution in [1.82, 2.24) is 0 Å². The number of aliphatic hydroxyl groups is 3. The quantitative estimate of drug-likeness (QED) is 0.421. The van der Waals surface area contributed by atoms with Gasteiger partial charge in [0.15, 0.2) is 11.6 Å². The second-order valence-corrected chi connectivity index (χ2v) is 7.58. The lowest BCUT2D eigenvalue weighted by Crippen LogP contribution is -2.49. The zero-order valence-electron chi connectivity index (χ0n) is 16.3. The highest BCUT2D eigenvalue weighted by Gasteiger charge is 2.42. The number of hydrogen-bond acceptors (Lipinski definition) is 7. The number of ketones is 2. The highest BCUT2D eigenvalue weighted by molar-refractivity contribution is 6.61. The van der Waals surface area contributed by atoms with Crippen LogP contribution in [0.25, 0.3) is 0 Å². The normalized spacial score (nSPS) is 20.5. The Morgan fingerprint density at radius 3 is 2.32 bits per heavy atom.